The van der Waals surface area contributed by atoms with E-state index in [9.17, 15) is 4.79 Å². The van der Waals surface area contributed by atoms with E-state index in [-0.39, 0.29) is 5.97 Å². The van der Waals surface area contributed by atoms with Crippen LogP contribution in [0, 0.1) is 0 Å². The Morgan fingerprint density at radius 1 is 0.808 bits per heavy atom. The third-order valence-electron chi connectivity index (χ3n) is 4.59. The molecule has 4 rings (SSSR count). The van der Waals surface area contributed by atoms with Crippen molar-refractivity contribution in [2.24, 2.45) is 0 Å². The summed E-state index contributed by atoms with van der Waals surface area (Å²) in [7, 11) is 1.43. The van der Waals surface area contributed by atoms with E-state index >= 15 is 0 Å². The molecule has 3 heteroatoms. The zero-order valence-corrected chi connectivity index (χ0v) is 14.6. The topological polar surface area (TPSA) is 31.2 Å². The second-order valence-electron chi connectivity index (χ2n) is 6.17. The number of carbonyl (C=O) groups is 1. The molecule has 1 heterocycles. The van der Waals surface area contributed by atoms with E-state index in [1.165, 1.54) is 7.11 Å². The van der Waals surface area contributed by atoms with Crippen LogP contribution in [0.15, 0.2) is 84.9 Å². The van der Waals surface area contributed by atoms with Gasteiger partial charge in [-0.25, -0.2) is 4.79 Å². The SMILES string of the molecule is COC(=O)c1c2ccccc2c(-c2ccccc2)n1Cc1ccccc1. The van der Waals surface area contributed by atoms with E-state index in [1.54, 1.807) is 0 Å². The van der Waals surface area contributed by atoms with E-state index in [1.807, 2.05) is 54.6 Å². The highest BCUT2D eigenvalue weighted by Crippen LogP contribution is 2.35. The smallest absolute Gasteiger partial charge is 0.355 e. The second-order valence-corrected chi connectivity index (χ2v) is 6.17. The molecule has 0 saturated heterocycles. The molecule has 0 N–H and O–H groups in total. The fourth-order valence-electron chi connectivity index (χ4n) is 3.45. The van der Waals surface area contributed by atoms with E-state index in [4.69, 9.17) is 4.74 Å². The van der Waals surface area contributed by atoms with Gasteiger partial charge < -0.3 is 9.30 Å². The van der Waals surface area contributed by atoms with Crippen molar-refractivity contribution in [2.45, 2.75) is 6.54 Å². The highest BCUT2D eigenvalue weighted by atomic mass is 16.5. The monoisotopic (exact) mass is 341 g/mol. The van der Waals surface area contributed by atoms with Crippen molar-refractivity contribution in [3.63, 3.8) is 0 Å². The minimum absolute atomic E-state index is 0.320. The average Bonchev–Trinajstić information content (AvgIpc) is 3.02. The van der Waals surface area contributed by atoms with Crippen LogP contribution < -0.4 is 0 Å². The van der Waals surface area contributed by atoms with Gasteiger partial charge in [0.25, 0.3) is 0 Å². The van der Waals surface area contributed by atoms with Gasteiger partial charge in [0.05, 0.1) is 12.8 Å². The molecular formula is C23H19NO2. The Hall–Kier alpha value is -3.33. The van der Waals surface area contributed by atoms with Crippen molar-refractivity contribution >= 4 is 16.7 Å². The van der Waals surface area contributed by atoms with E-state index in [2.05, 4.69) is 34.9 Å². The van der Waals surface area contributed by atoms with Gasteiger partial charge in [-0.3, -0.25) is 0 Å². The molecule has 0 amide bonds. The lowest BCUT2D eigenvalue weighted by Gasteiger charge is -2.13. The van der Waals surface area contributed by atoms with Crippen LogP contribution in [0.25, 0.3) is 22.0 Å². The van der Waals surface area contributed by atoms with Gasteiger partial charge in [-0.2, -0.15) is 0 Å². The lowest BCUT2D eigenvalue weighted by molar-refractivity contribution is 0.0591. The van der Waals surface area contributed by atoms with Gasteiger partial charge in [0, 0.05) is 17.3 Å². The first-order chi connectivity index (χ1) is 12.8. The highest BCUT2D eigenvalue weighted by Gasteiger charge is 2.23. The van der Waals surface area contributed by atoms with Crippen LogP contribution in [0.2, 0.25) is 0 Å². The van der Waals surface area contributed by atoms with Crippen molar-refractivity contribution in [1.29, 1.82) is 0 Å². The molecule has 4 aromatic rings. The lowest BCUT2D eigenvalue weighted by atomic mass is 10.1. The summed E-state index contributed by atoms with van der Waals surface area (Å²) < 4.78 is 7.18. The van der Waals surface area contributed by atoms with Gasteiger partial charge in [-0.1, -0.05) is 84.9 Å². The number of hydrogen-bond acceptors (Lipinski definition) is 2. The molecule has 128 valence electrons. The number of fused-ring (bicyclic) bond motifs is 1. The molecule has 0 radical (unpaired) electrons. The van der Waals surface area contributed by atoms with Gasteiger partial charge in [-0.15, -0.1) is 0 Å². The Morgan fingerprint density at radius 2 is 1.38 bits per heavy atom. The molecule has 0 atom stereocenters. The summed E-state index contributed by atoms with van der Waals surface area (Å²) in [4.78, 5) is 12.6. The standard InChI is InChI=1S/C23H19NO2/c1-26-23(25)22-20-15-9-8-14-19(20)21(18-12-6-3-7-13-18)24(22)16-17-10-4-2-5-11-17/h2-15H,16H2,1H3. The zero-order chi connectivity index (χ0) is 17.9. The van der Waals surface area contributed by atoms with Crippen molar-refractivity contribution in [2.75, 3.05) is 7.11 Å². The summed E-state index contributed by atoms with van der Waals surface area (Å²) in [6.45, 7) is 0.601. The van der Waals surface area contributed by atoms with Crippen LogP contribution >= 0.6 is 0 Å². The van der Waals surface area contributed by atoms with Gasteiger partial charge in [0.15, 0.2) is 0 Å². The summed E-state index contributed by atoms with van der Waals surface area (Å²) in [5.74, 6) is -0.320. The maximum atomic E-state index is 12.6. The summed E-state index contributed by atoms with van der Waals surface area (Å²) in [6, 6.07) is 28.3. The zero-order valence-electron chi connectivity index (χ0n) is 14.6. The van der Waals surface area contributed by atoms with E-state index < -0.39 is 0 Å². The van der Waals surface area contributed by atoms with Crippen molar-refractivity contribution in [3.8, 4) is 11.3 Å². The van der Waals surface area contributed by atoms with Crippen molar-refractivity contribution in [1.82, 2.24) is 4.57 Å². The number of aromatic nitrogens is 1. The largest absolute Gasteiger partial charge is 0.464 e. The molecule has 26 heavy (non-hydrogen) atoms. The molecule has 0 aliphatic carbocycles. The predicted octanol–water partition coefficient (Wildman–Crippen LogP) is 5.14. The quantitative estimate of drug-likeness (QED) is 0.481. The van der Waals surface area contributed by atoms with Gasteiger partial charge >= 0.3 is 5.97 Å². The second kappa shape index (κ2) is 6.89. The van der Waals surface area contributed by atoms with E-state index in [0.717, 1.165) is 27.6 Å². The summed E-state index contributed by atoms with van der Waals surface area (Å²) in [6.07, 6.45) is 0. The van der Waals surface area contributed by atoms with Gasteiger partial charge in [-0.05, 0) is 11.1 Å². The number of carbonyl (C=O) groups excluding carboxylic acids is 1. The van der Waals surface area contributed by atoms with Gasteiger partial charge in [0.2, 0.25) is 0 Å². The molecule has 3 aromatic carbocycles. The fraction of sp³-hybridized carbons (Fsp3) is 0.0870. The molecule has 0 fully saturated rings. The normalized spacial score (nSPS) is 10.8. The maximum absolute atomic E-state index is 12.6. The Balaban J connectivity index is 2.04. The number of esters is 1. The van der Waals surface area contributed by atoms with Crippen LogP contribution in [0.3, 0.4) is 0 Å². The summed E-state index contributed by atoms with van der Waals surface area (Å²) in [5, 5.41) is 1.96. The molecule has 0 aliphatic heterocycles. The first-order valence-corrected chi connectivity index (χ1v) is 8.58. The number of ether oxygens (including phenoxy) is 1. The molecule has 0 saturated carbocycles. The molecule has 0 unspecified atom stereocenters. The number of hydrogen-bond donors (Lipinski definition) is 0. The summed E-state index contributed by atoms with van der Waals surface area (Å²) >= 11 is 0. The maximum Gasteiger partial charge on any atom is 0.355 e. The third-order valence-corrected chi connectivity index (χ3v) is 4.59. The number of methoxy groups -OCH3 is 1. The van der Waals surface area contributed by atoms with Crippen LogP contribution in [0.1, 0.15) is 16.1 Å². The minimum atomic E-state index is -0.320. The first kappa shape index (κ1) is 16.2. The Kier molecular flexibility index (Phi) is 4.28. The highest BCUT2D eigenvalue weighted by molar-refractivity contribution is 6.09. The fourth-order valence-corrected chi connectivity index (χ4v) is 3.45. The minimum Gasteiger partial charge on any atom is -0.464 e. The molecule has 3 nitrogen and oxygen atoms in total. The summed E-state index contributed by atoms with van der Waals surface area (Å²) in [5.41, 5.74) is 3.83. The number of benzene rings is 3. The molecule has 1 aromatic heterocycles. The molecule has 0 bridgehead atoms. The molecule has 0 aliphatic rings. The lowest BCUT2D eigenvalue weighted by Crippen LogP contribution is -2.12. The van der Waals surface area contributed by atoms with Crippen LogP contribution in [0.4, 0.5) is 0 Å². The van der Waals surface area contributed by atoms with Gasteiger partial charge in [0.1, 0.15) is 5.69 Å². The number of rotatable bonds is 4. The van der Waals surface area contributed by atoms with Crippen LogP contribution in [-0.2, 0) is 11.3 Å². The van der Waals surface area contributed by atoms with Crippen molar-refractivity contribution in [3.05, 3.63) is 96.2 Å². The Bertz CT molecular complexity index is 1050. The Morgan fingerprint density at radius 3 is 2.04 bits per heavy atom. The predicted molar refractivity (Wildman–Crippen MR) is 104 cm³/mol. The number of nitrogens with zero attached hydrogens (tertiary/aromatic N) is 1. The Labute approximate surface area is 152 Å². The first-order valence-electron chi connectivity index (χ1n) is 8.58. The van der Waals surface area contributed by atoms with Crippen LogP contribution in [-0.4, -0.2) is 17.6 Å². The molecule has 0 spiro atoms. The molecular weight excluding hydrogens is 322 g/mol. The van der Waals surface area contributed by atoms with E-state index in [0.29, 0.717) is 12.2 Å². The van der Waals surface area contributed by atoms with Crippen molar-refractivity contribution < 1.29 is 9.53 Å². The van der Waals surface area contributed by atoms with Crippen LogP contribution in [0.5, 0.6) is 0 Å². The third kappa shape index (κ3) is 2.78. The average molecular weight is 341 g/mol.